The first-order valence-corrected chi connectivity index (χ1v) is 8.09. The van der Waals surface area contributed by atoms with E-state index < -0.39 is 20.5 Å². The van der Waals surface area contributed by atoms with Gasteiger partial charge in [0, 0.05) is 12.1 Å². The van der Waals surface area contributed by atoms with Crippen molar-refractivity contribution in [3.8, 4) is 0 Å². The van der Waals surface area contributed by atoms with E-state index in [-0.39, 0.29) is 22.8 Å². The van der Waals surface area contributed by atoms with E-state index in [1.54, 1.807) is 13.8 Å². The van der Waals surface area contributed by atoms with Gasteiger partial charge in [0.15, 0.2) is 0 Å². The van der Waals surface area contributed by atoms with E-state index in [1.807, 2.05) is 0 Å². The highest BCUT2D eigenvalue weighted by atomic mass is 32.2. The van der Waals surface area contributed by atoms with Gasteiger partial charge < -0.3 is 5.11 Å². The molecule has 0 fully saturated rings. The average Bonchev–Trinajstić information content (AvgIpc) is 2.44. The minimum absolute atomic E-state index is 0.0205. The Morgan fingerprint density at radius 3 is 2.29 bits per heavy atom. The molecule has 0 aliphatic carbocycles. The summed E-state index contributed by atoms with van der Waals surface area (Å²) in [5.74, 6) is 0. The summed E-state index contributed by atoms with van der Waals surface area (Å²) in [6.45, 7) is 4.75. The van der Waals surface area contributed by atoms with Crippen molar-refractivity contribution >= 4 is 15.7 Å². The highest BCUT2D eigenvalue weighted by Gasteiger charge is 2.32. The number of rotatable bonds is 7. The monoisotopic (exact) mass is 316 g/mol. The van der Waals surface area contributed by atoms with Gasteiger partial charge in [-0.25, -0.2) is 13.1 Å². The number of sulfonamides is 1. The molecule has 0 heterocycles. The number of non-ortho nitro benzene ring substituents is 1. The lowest BCUT2D eigenvalue weighted by Crippen LogP contribution is -2.50. The molecule has 21 heavy (non-hydrogen) atoms. The first-order valence-electron chi connectivity index (χ1n) is 6.61. The van der Waals surface area contributed by atoms with Crippen molar-refractivity contribution in [2.45, 2.75) is 44.0 Å². The van der Waals surface area contributed by atoms with Crippen LogP contribution in [0.25, 0.3) is 0 Å². The molecule has 0 aliphatic heterocycles. The molecule has 0 aromatic heterocycles. The Balaban J connectivity index is 3.23. The minimum Gasteiger partial charge on any atom is -0.394 e. The Kier molecular flexibility index (Phi) is 5.43. The summed E-state index contributed by atoms with van der Waals surface area (Å²) in [5, 5.41) is 20.1. The van der Waals surface area contributed by atoms with Crippen LogP contribution in [0.3, 0.4) is 0 Å². The van der Waals surface area contributed by atoms with Crippen molar-refractivity contribution in [3.63, 3.8) is 0 Å². The Morgan fingerprint density at radius 2 is 1.90 bits per heavy atom. The number of aryl methyl sites for hydroxylation is 1. The minimum atomic E-state index is -3.86. The number of nitrogens with one attached hydrogen (secondary N) is 1. The van der Waals surface area contributed by atoms with Crippen LogP contribution in [0.2, 0.25) is 0 Å². The molecule has 0 saturated heterocycles. The fourth-order valence-corrected chi connectivity index (χ4v) is 3.80. The molecule has 1 aromatic rings. The molecular weight excluding hydrogens is 296 g/mol. The third-order valence-electron chi connectivity index (χ3n) is 3.67. The highest BCUT2D eigenvalue weighted by molar-refractivity contribution is 7.89. The van der Waals surface area contributed by atoms with E-state index in [2.05, 4.69) is 4.72 Å². The number of nitro benzene ring substituents is 1. The van der Waals surface area contributed by atoms with E-state index in [0.717, 1.165) is 6.07 Å². The number of hydrogen-bond acceptors (Lipinski definition) is 5. The van der Waals surface area contributed by atoms with Crippen LogP contribution in [-0.4, -0.2) is 30.6 Å². The number of aliphatic hydroxyl groups excluding tert-OH is 1. The predicted octanol–water partition coefficient (Wildman–Crippen LogP) is 1.73. The lowest BCUT2D eigenvalue weighted by Gasteiger charge is -2.30. The number of nitro groups is 1. The second-order valence-electron chi connectivity index (χ2n) is 4.96. The van der Waals surface area contributed by atoms with Crippen LogP contribution in [0.15, 0.2) is 23.1 Å². The number of aliphatic hydroxyl groups is 1. The van der Waals surface area contributed by atoms with Crippen LogP contribution in [0.4, 0.5) is 5.69 Å². The van der Waals surface area contributed by atoms with Gasteiger partial charge in [0.25, 0.3) is 5.69 Å². The lowest BCUT2D eigenvalue weighted by atomic mass is 9.96. The number of hydrogen-bond donors (Lipinski definition) is 2. The molecule has 0 bridgehead atoms. The Bertz CT molecular complexity index is 615. The quantitative estimate of drug-likeness (QED) is 0.588. The van der Waals surface area contributed by atoms with Gasteiger partial charge in [0.05, 0.1) is 22.0 Å². The summed E-state index contributed by atoms with van der Waals surface area (Å²) < 4.78 is 27.4. The summed E-state index contributed by atoms with van der Waals surface area (Å²) in [7, 11) is -3.86. The van der Waals surface area contributed by atoms with Crippen LogP contribution < -0.4 is 4.72 Å². The zero-order chi connectivity index (χ0) is 16.3. The highest BCUT2D eigenvalue weighted by Crippen LogP contribution is 2.24. The average molecular weight is 316 g/mol. The van der Waals surface area contributed by atoms with E-state index in [1.165, 1.54) is 19.1 Å². The largest absolute Gasteiger partial charge is 0.394 e. The SMILES string of the molecule is CCC(CC)(CO)NS(=O)(=O)c1ccc([N+](=O)[O-])cc1C. The van der Waals surface area contributed by atoms with E-state index in [9.17, 15) is 23.6 Å². The van der Waals surface area contributed by atoms with Gasteiger partial charge in [-0.05, 0) is 31.4 Å². The summed E-state index contributed by atoms with van der Waals surface area (Å²) in [6, 6.07) is 3.58. The van der Waals surface area contributed by atoms with Crippen LogP contribution >= 0.6 is 0 Å². The van der Waals surface area contributed by atoms with Crippen LogP contribution in [0.5, 0.6) is 0 Å². The molecule has 0 aliphatic rings. The normalized spacial score (nSPS) is 12.4. The molecule has 0 atom stereocenters. The maximum absolute atomic E-state index is 12.4. The van der Waals surface area contributed by atoms with Crippen molar-refractivity contribution in [1.29, 1.82) is 0 Å². The third-order valence-corrected chi connectivity index (χ3v) is 5.40. The second-order valence-corrected chi connectivity index (χ2v) is 6.61. The molecule has 2 N–H and O–H groups in total. The molecule has 1 rings (SSSR count). The standard InChI is InChI=1S/C13H20N2O5S/c1-4-13(5-2,9-16)14-21(19,20)12-7-6-11(15(17)18)8-10(12)3/h6-8,14,16H,4-5,9H2,1-3H3. The molecule has 0 unspecified atom stereocenters. The van der Waals surface area contributed by atoms with Crippen molar-refractivity contribution in [3.05, 3.63) is 33.9 Å². The fraction of sp³-hybridized carbons (Fsp3) is 0.538. The zero-order valence-corrected chi connectivity index (χ0v) is 13.1. The smallest absolute Gasteiger partial charge is 0.269 e. The van der Waals surface area contributed by atoms with Crippen molar-refractivity contribution in [2.75, 3.05) is 6.61 Å². The summed E-state index contributed by atoms with van der Waals surface area (Å²) in [4.78, 5) is 10.1. The van der Waals surface area contributed by atoms with Gasteiger partial charge in [-0.1, -0.05) is 13.8 Å². The van der Waals surface area contributed by atoms with Gasteiger partial charge in [-0.3, -0.25) is 10.1 Å². The lowest BCUT2D eigenvalue weighted by molar-refractivity contribution is -0.385. The molecule has 1 aromatic carbocycles. The maximum atomic E-state index is 12.4. The second kappa shape index (κ2) is 6.50. The molecule has 0 radical (unpaired) electrons. The van der Waals surface area contributed by atoms with E-state index >= 15 is 0 Å². The van der Waals surface area contributed by atoms with Crippen LogP contribution in [-0.2, 0) is 10.0 Å². The van der Waals surface area contributed by atoms with E-state index in [4.69, 9.17) is 0 Å². The van der Waals surface area contributed by atoms with Gasteiger partial charge in [-0.2, -0.15) is 0 Å². The molecule has 7 nitrogen and oxygen atoms in total. The summed E-state index contributed by atoms with van der Waals surface area (Å²) in [5.41, 5.74) is -0.797. The van der Waals surface area contributed by atoms with Gasteiger partial charge in [0.2, 0.25) is 10.0 Å². The Morgan fingerprint density at radius 1 is 1.33 bits per heavy atom. The number of benzene rings is 1. The Labute approximate surface area is 124 Å². The van der Waals surface area contributed by atoms with Crippen LogP contribution in [0, 0.1) is 17.0 Å². The van der Waals surface area contributed by atoms with Gasteiger partial charge in [0.1, 0.15) is 0 Å². The molecule has 0 spiro atoms. The van der Waals surface area contributed by atoms with Crippen molar-refractivity contribution < 1.29 is 18.4 Å². The summed E-state index contributed by atoms with van der Waals surface area (Å²) in [6.07, 6.45) is 0.872. The molecule has 8 heteroatoms. The fourth-order valence-electron chi connectivity index (χ4n) is 2.04. The summed E-state index contributed by atoms with van der Waals surface area (Å²) >= 11 is 0. The van der Waals surface area contributed by atoms with E-state index in [0.29, 0.717) is 12.8 Å². The Hall–Kier alpha value is -1.51. The van der Waals surface area contributed by atoms with Gasteiger partial charge >= 0.3 is 0 Å². The third kappa shape index (κ3) is 3.78. The molecular formula is C13H20N2O5S. The first kappa shape index (κ1) is 17.5. The van der Waals surface area contributed by atoms with Crippen LogP contribution in [0.1, 0.15) is 32.3 Å². The maximum Gasteiger partial charge on any atom is 0.269 e. The molecule has 0 amide bonds. The topological polar surface area (TPSA) is 110 Å². The number of nitrogens with zero attached hydrogens (tertiary/aromatic N) is 1. The van der Waals surface area contributed by atoms with Gasteiger partial charge in [-0.15, -0.1) is 0 Å². The molecule has 118 valence electrons. The predicted molar refractivity (Wildman–Crippen MR) is 78.6 cm³/mol. The van der Waals surface area contributed by atoms with Crippen molar-refractivity contribution in [2.24, 2.45) is 0 Å². The molecule has 0 saturated carbocycles. The van der Waals surface area contributed by atoms with Crippen molar-refractivity contribution in [1.82, 2.24) is 4.72 Å². The zero-order valence-electron chi connectivity index (χ0n) is 12.3. The first-order chi connectivity index (χ1) is 9.71.